The maximum absolute atomic E-state index is 13.2. The van der Waals surface area contributed by atoms with E-state index in [4.69, 9.17) is 15.0 Å². The predicted octanol–water partition coefficient (Wildman–Crippen LogP) is 4.41. The molecule has 0 atom stereocenters. The minimum Gasteiger partial charge on any atom is -0.378 e. The van der Waals surface area contributed by atoms with Crippen LogP contribution < -0.4 is 5.73 Å². The second-order valence-electron chi connectivity index (χ2n) is 9.63. The summed E-state index contributed by atoms with van der Waals surface area (Å²) in [6, 6.07) is 10.6. The second kappa shape index (κ2) is 8.25. The first-order valence-corrected chi connectivity index (χ1v) is 12.1. The molecule has 2 fully saturated rings. The van der Waals surface area contributed by atoms with E-state index < -0.39 is 0 Å². The third kappa shape index (κ3) is 3.51. The molecule has 2 aliphatic rings. The lowest BCUT2D eigenvalue weighted by atomic mass is 9.98. The molecule has 0 spiro atoms. The fourth-order valence-corrected chi connectivity index (χ4v) is 5.35. The molecule has 2 aromatic heterocycles. The average molecular weight is 459 g/mol. The van der Waals surface area contributed by atoms with Gasteiger partial charge in [-0.1, -0.05) is 11.2 Å². The van der Waals surface area contributed by atoms with Crippen molar-refractivity contribution in [3.05, 3.63) is 52.9 Å². The highest BCUT2D eigenvalue weighted by Crippen LogP contribution is 2.40. The Morgan fingerprint density at radius 3 is 2.59 bits per heavy atom. The minimum atomic E-state index is 0.0730. The molecule has 176 valence electrons. The van der Waals surface area contributed by atoms with Gasteiger partial charge in [-0.15, -0.1) is 0 Å². The highest BCUT2D eigenvalue weighted by atomic mass is 16.5. The number of hydrogen-bond donors (Lipinski definition) is 1. The number of morpholine rings is 1. The van der Waals surface area contributed by atoms with Crippen LogP contribution in [0.5, 0.6) is 0 Å². The fourth-order valence-electron chi connectivity index (χ4n) is 5.35. The van der Waals surface area contributed by atoms with Crippen LogP contribution in [-0.2, 0) is 17.8 Å². The van der Waals surface area contributed by atoms with Gasteiger partial charge in [0.15, 0.2) is 0 Å². The molecule has 0 bridgehead atoms. The third-order valence-electron chi connectivity index (χ3n) is 7.26. The number of fused-ring (bicyclic) bond motifs is 3. The monoisotopic (exact) mass is 458 g/mol. The van der Waals surface area contributed by atoms with E-state index in [2.05, 4.69) is 34.0 Å². The van der Waals surface area contributed by atoms with Crippen LogP contribution >= 0.6 is 0 Å². The van der Waals surface area contributed by atoms with E-state index in [9.17, 15) is 4.79 Å². The van der Waals surface area contributed by atoms with Crippen LogP contribution in [-0.4, -0.2) is 46.8 Å². The molecule has 1 saturated heterocycles. The average Bonchev–Trinajstić information content (AvgIpc) is 3.56. The van der Waals surface area contributed by atoms with E-state index in [0.29, 0.717) is 38.8 Å². The van der Waals surface area contributed by atoms with Crippen LogP contribution in [0.1, 0.15) is 40.2 Å². The summed E-state index contributed by atoms with van der Waals surface area (Å²) in [6.07, 6.45) is 2.51. The molecule has 0 unspecified atom stereocenters. The number of nitrogens with two attached hydrogens (primary N) is 1. The van der Waals surface area contributed by atoms with Crippen LogP contribution in [0.4, 0.5) is 0 Å². The van der Waals surface area contributed by atoms with Gasteiger partial charge in [0, 0.05) is 53.6 Å². The van der Waals surface area contributed by atoms with Crippen molar-refractivity contribution < 1.29 is 14.1 Å². The van der Waals surface area contributed by atoms with Gasteiger partial charge in [0.25, 0.3) is 5.91 Å². The molecule has 6 rings (SSSR count). The van der Waals surface area contributed by atoms with E-state index in [1.165, 1.54) is 23.7 Å². The van der Waals surface area contributed by atoms with E-state index >= 15 is 0 Å². The Labute approximate surface area is 198 Å². The molecular formula is C27H30N4O3. The Morgan fingerprint density at radius 2 is 1.91 bits per heavy atom. The number of benzene rings is 2. The van der Waals surface area contributed by atoms with E-state index in [-0.39, 0.29) is 5.91 Å². The van der Waals surface area contributed by atoms with Gasteiger partial charge in [0.1, 0.15) is 5.76 Å². The Morgan fingerprint density at radius 1 is 1.12 bits per heavy atom. The molecule has 34 heavy (non-hydrogen) atoms. The van der Waals surface area contributed by atoms with Crippen molar-refractivity contribution in [3.63, 3.8) is 0 Å². The number of carbonyl (C=O) groups is 1. The summed E-state index contributed by atoms with van der Waals surface area (Å²) in [6.45, 7) is 7.78. The van der Waals surface area contributed by atoms with Crippen LogP contribution in [0.3, 0.4) is 0 Å². The maximum Gasteiger partial charge on any atom is 0.254 e. The van der Waals surface area contributed by atoms with E-state index in [1.54, 1.807) is 0 Å². The fraction of sp³-hybridized carbons (Fsp3) is 0.407. The van der Waals surface area contributed by atoms with Crippen LogP contribution in [0.2, 0.25) is 0 Å². The lowest BCUT2D eigenvalue weighted by molar-refractivity contribution is 0.0303. The first kappa shape index (κ1) is 21.4. The van der Waals surface area contributed by atoms with E-state index in [0.717, 1.165) is 51.2 Å². The highest BCUT2D eigenvalue weighted by molar-refractivity contribution is 6.12. The summed E-state index contributed by atoms with van der Waals surface area (Å²) in [7, 11) is 0. The van der Waals surface area contributed by atoms with Gasteiger partial charge in [-0.05, 0) is 68.0 Å². The summed E-state index contributed by atoms with van der Waals surface area (Å²) < 4.78 is 13.3. The van der Waals surface area contributed by atoms with Gasteiger partial charge in [0.2, 0.25) is 0 Å². The summed E-state index contributed by atoms with van der Waals surface area (Å²) in [5.41, 5.74) is 13.4. The normalized spacial score (nSPS) is 16.6. The molecule has 0 radical (unpaired) electrons. The van der Waals surface area contributed by atoms with Crippen LogP contribution in [0.15, 0.2) is 34.9 Å². The van der Waals surface area contributed by atoms with E-state index in [1.807, 2.05) is 24.8 Å². The molecule has 2 N–H and O–H groups in total. The van der Waals surface area contributed by atoms with Crippen molar-refractivity contribution in [1.29, 1.82) is 0 Å². The summed E-state index contributed by atoms with van der Waals surface area (Å²) >= 11 is 0. The summed E-state index contributed by atoms with van der Waals surface area (Å²) in [4.78, 5) is 15.1. The topological polar surface area (TPSA) is 86.5 Å². The number of aromatic nitrogens is 2. The molecule has 1 aliphatic heterocycles. The van der Waals surface area contributed by atoms with Gasteiger partial charge < -0.3 is 24.5 Å². The number of aryl methyl sites for hydroxylation is 2. The zero-order chi connectivity index (χ0) is 23.4. The minimum absolute atomic E-state index is 0.0730. The molecule has 7 heteroatoms. The Kier molecular flexibility index (Phi) is 5.19. The molecule has 3 heterocycles. The van der Waals surface area contributed by atoms with Crippen molar-refractivity contribution in [2.24, 2.45) is 11.7 Å². The van der Waals surface area contributed by atoms with Gasteiger partial charge in [-0.2, -0.15) is 0 Å². The van der Waals surface area contributed by atoms with Crippen molar-refractivity contribution in [1.82, 2.24) is 14.6 Å². The van der Waals surface area contributed by atoms with Crippen LogP contribution in [0, 0.1) is 19.8 Å². The van der Waals surface area contributed by atoms with Crippen LogP contribution in [0.25, 0.3) is 32.9 Å². The Hall–Kier alpha value is -3.16. The zero-order valence-electron chi connectivity index (χ0n) is 19.8. The molecule has 7 nitrogen and oxygen atoms in total. The number of hydrogen-bond acceptors (Lipinski definition) is 5. The molecule has 1 amide bonds. The number of carbonyl (C=O) groups excluding carboxylic acids is 1. The maximum atomic E-state index is 13.2. The predicted molar refractivity (Wildman–Crippen MR) is 132 cm³/mol. The van der Waals surface area contributed by atoms with Crippen molar-refractivity contribution >= 4 is 27.7 Å². The number of nitrogens with zero attached hydrogens (tertiary/aromatic N) is 3. The largest absolute Gasteiger partial charge is 0.378 e. The lowest BCUT2D eigenvalue weighted by Gasteiger charge is -2.26. The number of ether oxygens (including phenoxy) is 1. The molecule has 2 aromatic carbocycles. The summed E-state index contributed by atoms with van der Waals surface area (Å²) in [5.74, 6) is 1.56. The first-order chi connectivity index (χ1) is 16.5. The van der Waals surface area contributed by atoms with Crippen molar-refractivity contribution in [2.45, 2.75) is 39.8 Å². The third-order valence-corrected chi connectivity index (χ3v) is 7.26. The van der Waals surface area contributed by atoms with Crippen molar-refractivity contribution in [2.75, 3.05) is 26.3 Å². The smallest absolute Gasteiger partial charge is 0.254 e. The number of rotatable bonds is 5. The first-order valence-electron chi connectivity index (χ1n) is 12.1. The Balaban J connectivity index is 1.56. The summed E-state index contributed by atoms with van der Waals surface area (Å²) in [5, 5.41) is 6.47. The zero-order valence-corrected chi connectivity index (χ0v) is 19.8. The van der Waals surface area contributed by atoms with Gasteiger partial charge in [-0.25, -0.2) is 0 Å². The van der Waals surface area contributed by atoms with Gasteiger partial charge in [0.05, 0.1) is 24.4 Å². The molecule has 1 saturated carbocycles. The highest BCUT2D eigenvalue weighted by Gasteiger charge is 2.26. The molecular weight excluding hydrogens is 428 g/mol. The van der Waals surface area contributed by atoms with Gasteiger partial charge in [-0.3, -0.25) is 4.79 Å². The SMILES string of the molecule is Cc1noc(C)c1-c1cc(CN)c2c(c1)c1ccc(C(=O)N3CCOCC3)cc1n2CC1CC1. The second-order valence-corrected chi connectivity index (χ2v) is 9.63. The van der Waals surface area contributed by atoms with Gasteiger partial charge >= 0.3 is 0 Å². The van der Waals surface area contributed by atoms with Crippen molar-refractivity contribution in [3.8, 4) is 11.1 Å². The molecule has 4 aromatic rings. The quantitative estimate of drug-likeness (QED) is 0.479. The Bertz CT molecular complexity index is 1390. The lowest BCUT2D eigenvalue weighted by Crippen LogP contribution is -2.40. The molecule has 1 aliphatic carbocycles. The standard InChI is InChI=1S/C27H30N4O3/c1-16-25(17(2)34-29-16)20-11-21(14-28)26-23(12-20)22-6-5-19(27(32)30-7-9-33-10-8-30)13-24(22)31(26)15-18-3-4-18/h5-6,11-13,18H,3-4,7-10,14-15,28H2,1-2H3. The number of amides is 1.